The molecule has 8 nitrogen and oxygen atoms in total. The molecule has 0 amide bonds. The molecular weight excluding hydrogens is 394 g/mol. The lowest BCUT2D eigenvalue weighted by atomic mass is 10.0. The SMILES string of the molecule is CC(=NNS(=O)(=O)c1ccc(C)cc1)c1c(O)cc(C)c(O)c1N1CCOCC1. The smallest absolute Gasteiger partial charge is 0.276 e. The molecule has 0 aliphatic carbocycles. The summed E-state index contributed by atoms with van der Waals surface area (Å²) in [6.45, 7) is 7.18. The zero-order chi connectivity index (χ0) is 21.2. The Morgan fingerprint density at radius 2 is 1.76 bits per heavy atom. The van der Waals surface area contributed by atoms with Crippen molar-refractivity contribution >= 4 is 21.4 Å². The minimum Gasteiger partial charge on any atom is -0.507 e. The average molecular weight is 420 g/mol. The number of rotatable bonds is 5. The topological polar surface area (TPSA) is 111 Å². The highest BCUT2D eigenvalue weighted by atomic mass is 32.2. The maximum Gasteiger partial charge on any atom is 0.276 e. The fraction of sp³-hybridized carbons (Fsp3) is 0.350. The molecule has 2 aromatic rings. The van der Waals surface area contributed by atoms with Gasteiger partial charge in [0.2, 0.25) is 0 Å². The Bertz CT molecular complexity index is 1030. The molecule has 0 radical (unpaired) electrons. The minimum atomic E-state index is -3.86. The normalized spacial score (nSPS) is 15.4. The molecule has 1 saturated heterocycles. The number of hydrogen-bond donors (Lipinski definition) is 3. The molecule has 3 rings (SSSR count). The molecule has 0 spiro atoms. The molecule has 1 heterocycles. The summed E-state index contributed by atoms with van der Waals surface area (Å²) in [5.41, 5.74) is 2.39. The van der Waals surface area contributed by atoms with Crippen molar-refractivity contribution in [1.29, 1.82) is 0 Å². The van der Waals surface area contributed by atoms with Gasteiger partial charge in [0, 0.05) is 13.1 Å². The number of phenols is 2. The minimum absolute atomic E-state index is 0.0237. The molecule has 0 bridgehead atoms. The number of anilines is 1. The molecule has 0 saturated carbocycles. The lowest BCUT2D eigenvalue weighted by molar-refractivity contribution is 0.122. The van der Waals surface area contributed by atoms with Crippen molar-refractivity contribution in [3.8, 4) is 11.5 Å². The highest BCUT2D eigenvalue weighted by Crippen LogP contribution is 2.40. The summed E-state index contributed by atoms with van der Waals surface area (Å²) in [5, 5.41) is 25.2. The first kappa shape index (κ1) is 20.9. The van der Waals surface area contributed by atoms with E-state index in [2.05, 4.69) is 9.93 Å². The van der Waals surface area contributed by atoms with Gasteiger partial charge in [-0.3, -0.25) is 0 Å². The van der Waals surface area contributed by atoms with E-state index >= 15 is 0 Å². The largest absolute Gasteiger partial charge is 0.507 e. The lowest BCUT2D eigenvalue weighted by Gasteiger charge is -2.31. The first-order chi connectivity index (χ1) is 13.7. The molecule has 0 aromatic heterocycles. The second-order valence-electron chi connectivity index (χ2n) is 6.99. The molecule has 2 aromatic carbocycles. The molecule has 9 heteroatoms. The first-order valence-electron chi connectivity index (χ1n) is 9.22. The Morgan fingerprint density at radius 1 is 1.14 bits per heavy atom. The van der Waals surface area contributed by atoms with Crippen molar-refractivity contribution in [3.05, 3.63) is 47.0 Å². The fourth-order valence-electron chi connectivity index (χ4n) is 3.18. The second kappa shape index (κ2) is 8.30. The summed E-state index contributed by atoms with van der Waals surface area (Å²) in [5.74, 6) is -0.0618. The molecule has 156 valence electrons. The molecule has 1 aliphatic heterocycles. The molecule has 1 fully saturated rings. The highest BCUT2D eigenvalue weighted by Gasteiger charge is 2.25. The van der Waals surface area contributed by atoms with E-state index < -0.39 is 10.0 Å². The van der Waals surface area contributed by atoms with Crippen LogP contribution >= 0.6 is 0 Å². The summed E-state index contributed by atoms with van der Waals surface area (Å²) >= 11 is 0. The van der Waals surface area contributed by atoms with Crippen LogP contribution in [0.15, 0.2) is 40.3 Å². The van der Waals surface area contributed by atoms with Gasteiger partial charge >= 0.3 is 0 Å². The molecular formula is C20H25N3O5S. The number of aryl methyl sites for hydroxylation is 2. The van der Waals surface area contributed by atoms with E-state index in [0.29, 0.717) is 37.6 Å². The fourth-order valence-corrected chi connectivity index (χ4v) is 4.04. The van der Waals surface area contributed by atoms with E-state index in [1.165, 1.54) is 18.2 Å². The number of aromatic hydroxyl groups is 2. The predicted molar refractivity (Wildman–Crippen MR) is 111 cm³/mol. The third-order valence-electron chi connectivity index (χ3n) is 4.80. The van der Waals surface area contributed by atoms with Gasteiger partial charge in [0.05, 0.1) is 35.1 Å². The molecule has 3 N–H and O–H groups in total. The number of sulfonamides is 1. The van der Waals surface area contributed by atoms with Crippen LogP contribution in [0.5, 0.6) is 11.5 Å². The van der Waals surface area contributed by atoms with Crippen LogP contribution in [0.2, 0.25) is 0 Å². The van der Waals surface area contributed by atoms with E-state index in [4.69, 9.17) is 4.74 Å². The van der Waals surface area contributed by atoms with E-state index in [-0.39, 0.29) is 27.7 Å². The molecule has 1 aliphatic rings. The number of ether oxygens (including phenoxy) is 1. The maximum atomic E-state index is 12.5. The summed E-state index contributed by atoms with van der Waals surface area (Å²) in [7, 11) is -3.86. The molecule has 29 heavy (non-hydrogen) atoms. The van der Waals surface area contributed by atoms with Gasteiger partial charge in [0.15, 0.2) is 0 Å². The van der Waals surface area contributed by atoms with E-state index in [1.54, 1.807) is 26.0 Å². The number of hydrazone groups is 1. The molecule has 0 atom stereocenters. The Hall–Kier alpha value is -2.78. The first-order valence-corrected chi connectivity index (χ1v) is 10.7. The zero-order valence-electron chi connectivity index (χ0n) is 16.6. The van der Waals surface area contributed by atoms with Crippen LogP contribution in [0.4, 0.5) is 5.69 Å². The van der Waals surface area contributed by atoms with E-state index in [0.717, 1.165) is 5.56 Å². The van der Waals surface area contributed by atoms with Crippen molar-refractivity contribution in [3.63, 3.8) is 0 Å². The van der Waals surface area contributed by atoms with Crippen LogP contribution in [-0.4, -0.2) is 50.6 Å². The number of hydrogen-bond acceptors (Lipinski definition) is 7. The Balaban J connectivity index is 1.98. The molecule has 0 unspecified atom stereocenters. The third-order valence-corrected chi connectivity index (χ3v) is 6.02. The van der Waals surface area contributed by atoms with Crippen LogP contribution < -0.4 is 9.73 Å². The van der Waals surface area contributed by atoms with E-state index in [1.807, 2.05) is 11.8 Å². The lowest BCUT2D eigenvalue weighted by Crippen LogP contribution is -2.37. The van der Waals surface area contributed by atoms with Crippen molar-refractivity contribution in [1.82, 2.24) is 4.83 Å². The Labute approximate surface area is 170 Å². The van der Waals surface area contributed by atoms with Gasteiger partial charge in [-0.05, 0) is 44.5 Å². The van der Waals surface area contributed by atoms with Gasteiger partial charge in [-0.15, -0.1) is 0 Å². The van der Waals surface area contributed by atoms with Gasteiger partial charge in [-0.1, -0.05) is 17.7 Å². The predicted octanol–water partition coefficient (Wildman–Crippen LogP) is 2.25. The Kier molecular flexibility index (Phi) is 5.99. The van der Waals surface area contributed by atoms with Crippen molar-refractivity contribution in [2.24, 2.45) is 5.10 Å². The van der Waals surface area contributed by atoms with Crippen molar-refractivity contribution in [2.75, 3.05) is 31.2 Å². The van der Waals surface area contributed by atoms with Crippen LogP contribution in [0, 0.1) is 13.8 Å². The third kappa shape index (κ3) is 4.46. The highest BCUT2D eigenvalue weighted by molar-refractivity contribution is 7.89. The standard InChI is InChI=1S/C20H25N3O5S/c1-13-4-6-16(7-5-13)29(26,27)22-21-15(3)18-17(24)12-14(2)20(25)19(18)23-8-10-28-11-9-23/h4-7,12,22,24-25H,8-11H2,1-3H3. The van der Waals surface area contributed by atoms with Crippen LogP contribution in [-0.2, 0) is 14.8 Å². The quantitative estimate of drug-likeness (QED) is 0.389. The summed E-state index contributed by atoms with van der Waals surface area (Å²) < 4.78 is 30.4. The van der Waals surface area contributed by atoms with Gasteiger partial charge in [-0.2, -0.15) is 18.4 Å². The summed E-state index contributed by atoms with van der Waals surface area (Å²) in [6.07, 6.45) is 0. The maximum absolute atomic E-state index is 12.5. The Morgan fingerprint density at radius 3 is 2.38 bits per heavy atom. The van der Waals surface area contributed by atoms with Crippen molar-refractivity contribution in [2.45, 2.75) is 25.7 Å². The van der Waals surface area contributed by atoms with Gasteiger partial charge in [-0.25, -0.2) is 0 Å². The van der Waals surface area contributed by atoms with Gasteiger partial charge < -0.3 is 19.8 Å². The second-order valence-corrected chi connectivity index (χ2v) is 8.65. The van der Waals surface area contributed by atoms with Crippen LogP contribution in [0.25, 0.3) is 0 Å². The monoisotopic (exact) mass is 419 g/mol. The zero-order valence-corrected chi connectivity index (χ0v) is 17.5. The average Bonchev–Trinajstić information content (AvgIpc) is 2.69. The summed E-state index contributed by atoms with van der Waals surface area (Å²) in [4.78, 5) is 4.19. The van der Waals surface area contributed by atoms with Crippen molar-refractivity contribution < 1.29 is 23.4 Å². The number of morpholine rings is 1. The summed E-state index contributed by atoms with van der Waals surface area (Å²) in [6, 6.07) is 7.83. The number of phenolic OH excluding ortho intramolecular Hbond substituents is 2. The number of benzene rings is 2. The van der Waals surface area contributed by atoms with Crippen LogP contribution in [0.3, 0.4) is 0 Å². The number of nitrogens with zero attached hydrogens (tertiary/aromatic N) is 2. The van der Waals surface area contributed by atoms with E-state index in [9.17, 15) is 18.6 Å². The number of nitrogens with one attached hydrogen (secondary N) is 1. The van der Waals surface area contributed by atoms with Crippen LogP contribution in [0.1, 0.15) is 23.6 Å². The van der Waals surface area contributed by atoms with Gasteiger partial charge in [0.25, 0.3) is 10.0 Å². The van der Waals surface area contributed by atoms with Gasteiger partial charge in [0.1, 0.15) is 11.5 Å².